The molecule has 0 saturated heterocycles. The van der Waals surface area contributed by atoms with Crippen LogP contribution < -0.4 is 10.6 Å². The maximum Gasteiger partial charge on any atom is 0.0600 e. The van der Waals surface area contributed by atoms with E-state index in [9.17, 15) is 0 Å². The zero-order valence-corrected chi connectivity index (χ0v) is 10.0. The van der Waals surface area contributed by atoms with E-state index in [1.165, 1.54) is 36.9 Å². The Bertz CT molecular complexity index is 332. The van der Waals surface area contributed by atoms with E-state index >= 15 is 0 Å². The number of anilines is 1. The summed E-state index contributed by atoms with van der Waals surface area (Å²) in [4.78, 5) is 6.71. The predicted octanol–water partition coefficient (Wildman–Crippen LogP) is 2.31. The maximum absolute atomic E-state index is 5.79. The molecule has 0 unspecified atom stereocenters. The highest BCUT2D eigenvalue weighted by molar-refractivity contribution is 5.52. The fourth-order valence-electron chi connectivity index (χ4n) is 2.69. The second-order valence-corrected chi connectivity index (χ2v) is 4.43. The molecule has 0 aliphatic heterocycles. The predicted molar refractivity (Wildman–Crippen MR) is 67.4 cm³/mol. The second-order valence-electron chi connectivity index (χ2n) is 4.43. The number of nitrogens with zero attached hydrogens (tertiary/aromatic N) is 2. The lowest BCUT2D eigenvalue weighted by molar-refractivity contribution is 0.616. The first-order valence-corrected chi connectivity index (χ1v) is 6.26. The molecule has 1 heterocycles. The van der Waals surface area contributed by atoms with Gasteiger partial charge in [-0.3, -0.25) is 4.98 Å². The van der Waals surface area contributed by atoms with E-state index in [1.807, 2.05) is 18.5 Å². The average Bonchev–Trinajstić information content (AvgIpc) is 2.84. The van der Waals surface area contributed by atoms with Crippen molar-refractivity contribution in [3.05, 3.63) is 24.0 Å². The highest BCUT2D eigenvalue weighted by Gasteiger charge is 2.22. The fourth-order valence-corrected chi connectivity index (χ4v) is 2.69. The smallest absolute Gasteiger partial charge is 0.0600 e. The third kappa shape index (κ3) is 2.19. The van der Waals surface area contributed by atoms with Gasteiger partial charge >= 0.3 is 0 Å². The van der Waals surface area contributed by atoms with Crippen LogP contribution in [0.3, 0.4) is 0 Å². The first kappa shape index (κ1) is 11.4. The Hall–Kier alpha value is -1.09. The van der Waals surface area contributed by atoms with Crippen LogP contribution in [0.5, 0.6) is 0 Å². The van der Waals surface area contributed by atoms with Gasteiger partial charge in [0.15, 0.2) is 0 Å². The molecule has 1 aliphatic carbocycles. The monoisotopic (exact) mass is 219 g/mol. The van der Waals surface area contributed by atoms with Crippen LogP contribution in [-0.2, 0) is 6.54 Å². The Morgan fingerprint density at radius 2 is 2.19 bits per heavy atom. The van der Waals surface area contributed by atoms with Gasteiger partial charge in [0.05, 0.1) is 11.9 Å². The van der Waals surface area contributed by atoms with Gasteiger partial charge in [0.25, 0.3) is 0 Å². The molecule has 2 N–H and O–H groups in total. The molecule has 0 aromatic carbocycles. The second kappa shape index (κ2) is 5.30. The van der Waals surface area contributed by atoms with Crippen molar-refractivity contribution in [2.75, 3.05) is 11.4 Å². The number of nitrogens with two attached hydrogens (primary N) is 1. The van der Waals surface area contributed by atoms with Crippen molar-refractivity contribution >= 4 is 5.69 Å². The molecule has 1 aromatic rings. The summed E-state index contributed by atoms with van der Waals surface area (Å²) in [5, 5.41) is 0. The Balaban J connectivity index is 2.24. The molecule has 2 rings (SSSR count). The quantitative estimate of drug-likeness (QED) is 0.845. The number of hydrogen-bond acceptors (Lipinski definition) is 3. The summed E-state index contributed by atoms with van der Waals surface area (Å²) in [6, 6.07) is 2.73. The van der Waals surface area contributed by atoms with Gasteiger partial charge in [-0.25, -0.2) is 0 Å². The van der Waals surface area contributed by atoms with E-state index in [4.69, 9.17) is 5.73 Å². The van der Waals surface area contributed by atoms with Crippen molar-refractivity contribution in [3.63, 3.8) is 0 Å². The number of aromatic nitrogens is 1. The van der Waals surface area contributed by atoms with Gasteiger partial charge in [0, 0.05) is 25.3 Å². The third-order valence-corrected chi connectivity index (χ3v) is 3.52. The summed E-state index contributed by atoms with van der Waals surface area (Å²) in [6.07, 6.45) is 9.14. The zero-order valence-electron chi connectivity index (χ0n) is 10.0. The van der Waals surface area contributed by atoms with Gasteiger partial charge in [-0.1, -0.05) is 12.8 Å². The van der Waals surface area contributed by atoms with Crippen molar-refractivity contribution in [1.29, 1.82) is 0 Å². The largest absolute Gasteiger partial charge is 0.367 e. The lowest BCUT2D eigenvalue weighted by Gasteiger charge is -2.31. The first-order valence-electron chi connectivity index (χ1n) is 6.26. The number of hydrogen-bond donors (Lipinski definition) is 1. The molecule has 3 heteroatoms. The summed E-state index contributed by atoms with van der Waals surface area (Å²) in [5.74, 6) is 0. The molecular formula is C13H21N3. The molecule has 1 aliphatic rings. The van der Waals surface area contributed by atoms with Crippen LogP contribution >= 0.6 is 0 Å². The van der Waals surface area contributed by atoms with Crippen molar-refractivity contribution in [1.82, 2.24) is 4.98 Å². The summed E-state index contributed by atoms with van der Waals surface area (Å²) >= 11 is 0. The van der Waals surface area contributed by atoms with Gasteiger partial charge in [-0.15, -0.1) is 0 Å². The highest BCUT2D eigenvalue weighted by atomic mass is 15.2. The molecule has 16 heavy (non-hydrogen) atoms. The number of pyridine rings is 1. The van der Waals surface area contributed by atoms with Crippen LogP contribution in [-0.4, -0.2) is 17.6 Å². The fraction of sp³-hybridized carbons (Fsp3) is 0.615. The van der Waals surface area contributed by atoms with Crippen LogP contribution in [0, 0.1) is 0 Å². The Morgan fingerprint density at radius 1 is 1.44 bits per heavy atom. The SMILES string of the molecule is CCN(c1cnccc1CN)C1CCCC1. The standard InChI is InChI=1S/C13H21N3/c1-2-16(12-5-3-4-6-12)13-10-15-8-7-11(13)9-14/h7-8,10,12H,2-6,9,14H2,1H3. The molecule has 1 saturated carbocycles. The lowest BCUT2D eigenvalue weighted by atomic mass is 10.1. The van der Waals surface area contributed by atoms with Gasteiger partial charge in [0.1, 0.15) is 0 Å². The van der Waals surface area contributed by atoms with Crippen LogP contribution in [0.2, 0.25) is 0 Å². The van der Waals surface area contributed by atoms with Crippen molar-refractivity contribution in [2.45, 2.75) is 45.2 Å². The molecule has 0 bridgehead atoms. The Morgan fingerprint density at radius 3 is 2.81 bits per heavy atom. The van der Waals surface area contributed by atoms with Gasteiger partial charge in [-0.05, 0) is 31.4 Å². The molecule has 0 spiro atoms. The zero-order chi connectivity index (χ0) is 11.4. The normalized spacial score (nSPS) is 16.6. The highest BCUT2D eigenvalue weighted by Crippen LogP contribution is 2.29. The molecule has 0 radical (unpaired) electrons. The van der Waals surface area contributed by atoms with E-state index in [1.54, 1.807) is 0 Å². The minimum Gasteiger partial charge on any atom is -0.367 e. The van der Waals surface area contributed by atoms with E-state index in [0.29, 0.717) is 12.6 Å². The van der Waals surface area contributed by atoms with Gasteiger partial charge in [0.2, 0.25) is 0 Å². The topological polar surface area (TPSA) is 42.2 Å². The molecule has 1 fully saturated rings. The first-order chi connectivity index (χ1) is 7.86. The minimum absolute atomic E-state index is 0.598. The van der Waals surface area contributed by atoms with E-state index < -0.39 is 0 Å². The molecule has 0 atom stereocenters. The van der Waals surface area contributed by atoms with Crippen molar-refractivity contribution < 1.29 is 0 Å². The molecule has 88 valence electrons. The van der Waals surface area contributed by atoms with E-state index in [0.717, 1.165) is 6.54 Å². The maximum atomic E-state index is 5.79. The Labute approximate surface area is 97.7 Å². The molecule has 1 aromatic heterocycles. The van der Waals surface area contributed by atoms with Gasteiger partial charge < -0.3 is 10.6 Å². The summed E-state index contributed by atoms with van der Waals surface area (Å²) < 4.78 is 0. The van der Waals surface area contributed by atoms with Crippen LogP contribution in [0.4, 0.5) is 5.69 Å². The minimum atomic E-state index is 0.598. The van der Waals surface area contributed by atoms with E-state index in [2.05, 4.69) is 16.8 Å². The Kier molecular flexibility index (Phi) is 3.78. The van der Waals surface area contributed by atoms with Gasteiger partial charge in [-0.2, -0.15) is 0 Å². The van der Waals surface area contributed by atoms with Crippen molar-refractivity contribution in [3.8, 4) is 0 Å². The third-order valence-electron chi connectivity index (χ3n) is 3.52. The van der Waals surface area contributed by atoms with Crippen LogP contribution in [0.15, 0.2) is 18.5 Å². The number of rotatable bonds is 4. The van der Waals surface area contributed by atoms with Crippen LogP contribution in [0.1, 0.15) is 38.2 Å². The summed E-state index contributed by atoms with van der Waals surface area (Å²) in [6.45, 7) is 3.86. The van der Waals surface area contributed by atoms with Crippen LogP contribution in [0.25, 0.3) is 0 Å². The lowest BCUT2D eigenvalue weighted by Crippen LogP contribution is -2.34. The summed E-state index contributed by atoms with van der Waals surface area (Å²) in [7, 11) is 0. The molecular weight excluding hydrogens is 198 g/mol. The molecule has 0 amide bonds. The summed E-state index contributed by atoms with van der Waals surface area (Å²) in [5.41, 5.74) is 8.23. The molecule has 3 nitrogen and oxygen atoms in total. The van der Waals surface area contributed by atoms with Crippen molar-refractivity contribution in [2.24, 2.45) is 5.73 Å². The average molecular weight is 219 g/mol. The van der Waals surface area contributed by atoms with E-state index in [-0.39, 0.29) is 0 Å².